The average Bonchev–Trinajstić information content (AvgIpc) is 2.67. The van der Waals surface area contributed by atoms with Crippen LogP contribution in [0, 0.1) is 5.82 Å². The first-order chi connectivity index (χ1) is 10.0. The molecule has 1 saturated heterocycles. The van der Waals surface area contributed by atoms with E-state index in [1.807, 2.05) is 0 Å². The minimum absolute atomic E-state index is 0.211. The van der Waals surface area contributed by atoms with E-state index in [0.29, 0.717) is 6.20 Å². The molecule has 1 aromatic rings. The maximum Gasteiger partial charge on any atom is 0.422 e. The van der Waals surface area contributed by atoms with E-state index in [1.54, 1.807) is 0 Å². The van der Waals surface area contributed by atoms with Crippen LogP contribution in [0.15, 0.2) is 11.0 Å². The van der Waals surface area contributed by atoms with Crippen LogP contribution in [-0.2, 0) is 4.74 Å². The highest BCUT2D eigenvalue weighted by atomic mass is 19.4. The van der Waals surface area contributed by atoms with Crippen LogP contribution in [0.5, 0.6) is 0 Å². The van der Waals surface area contributed by atoms with Gasteiger partial charge in [-0.3, -0.25) is 4.57 Å². The Morgan fingerprint density at radius 1 is 1.45 bits per heavy atom. The van der Waals surface area contributed by atoms with E-state index in [-0.39, 0.29) is 4.57 Å². The van der Waals surface area contributed by atoms with Crippen molar-refractivity contribution in [3.8, 4) is 0 Å². The van der Waals surface area contributed by atoms with Gasteiger partial charge in [-0.15, -0.1) is 0 Å². The summed E-state index contributed by atoms with van der Waals surface area (Å²) in [6, 6.07) is 0. The number of hydrogen-bond donors (Lipinski definition) is 4. The van der Waals surface area contributed by atoms with Crippen LogP contribution in [-0.4, -0.2) is 55.5 Å². The largest absolute Gasteiger partial charge is 0.422 e. The van der Waals surface area contributed by atoms with Crippen LogP contribution < -0.4 is 11.4 Å². The lowest BCUT2D eigenvalue weighted by Gasteiger charge is -2.31. The summed E-state index contributed by atoms with van der Waals surface area (Å²) in [6.45, 7) is -1.72. The van der Waals surface area contributed by atoms with Crippen molar-refractivity contribution in [3.63, 3.8) is 0 Å². The van der Waals surface area contributed by atoms with Gasteiger partial charge in [0, 0.05) is 0 Å². The number of nitrogens with zero attached hydrogens (tertiary/aromatic N) is 2. The van der Waals surface area contributed by atoms with Crippen LogP contribution in [0.1, 0.15) is 6.23 Å². The van der Waals surface area contributed by atoms with Gasteiger partial charge < -0.3 is 25.8 Å². The highest BCUT2D eigenvalue weighted by Crippen LogP contribution is 2.46. The molecule has 5 N–H and O–H groups in total. The van der Waals surface area contributed by atoms with Crippen LogP contribution in [0.3, 0.4) is 0 Å². The van der Waals surface area contributed by atoms with Crippen molar-refractivity contribution in [3.05, 3.63) is 22.5 Å². The molecule has 1 aliphatic heterocycles. The van der Waals surface area contributed by atoms with Gasteiger partial charge >= 0.3 is 11.9 Å². The summed E-state index contributed by atoms with van der Waals surface area (Å²) in [5.74, 6) is -2.03. The number of aliphatic hydroxyl groups is 3. The fourth-order valence-electron chi connectivity index (χ4n) is 2.10. The Labute approximate surface area is 119 Å². The minimum Gasteiger partial charge on any atom is -0.393 e. The maximum atomic E-state index is 13.3. The van der Waals surface area contributed by atoms with Crippen molar-refractivity contribution < 1.29 is 37.6 Å². The Morgan fingerprint density at radius 2 is 2.05 bits per heavy atom. The lowest BCUT2D eigenvalue weighted by molar-refractivity contribution is -0.306. The quantitative estimate of drug-likeness (QED) is 0.486. The van der Waals surface area contributed by atoms with Crippen molar-refractivity contribution in [2.75, 3.05) is 12.3 Å². The highest BCUT2D eigenvalue weighted by Gasteiger charge is 2.69. The normalized spacial score (nSPS) is 32.4. The second-order valence-corrected chi connectivity index (χ2v) is 4.65. The first-order valence-corrected chi connectivity index (χ1v) is 5.81. The van der Waals surface area contributed by atoms with Gasteiger partial charge in [-0.05, 0) is 0 Å². The van der Waals surface area contributed by atoms with Crippen LogP contribution in [0.4, 0.5) is 23.4 Å². The predicted molar refractivity (Wildman–Crippen MR) is 60.9 cm³/mol. The molecule has 2 rings (SSSR count). The molecular formula is C10H11F4N3O5. The Morgan fingerprint density at radius 3 is 2.50 bits per heavy atom. The molecule has 0 radical (unpaired) electrons. The van der Waals surface area contributed by atoms with Crippen molar-refractivity contribution in [2.24, 2.45) is 0 Å². The third-order valence-electron chi connectivity index (χ3n) is 3.35. The summed E-state index contributed by atoms with van der Waals surface area (Å²) in [7, 11) is 0. The second-order valence-electron chi connectivity index (χ2n) is 4.65. The summed E-state index contributed by atoms with van der Waals surface area (Å²) in [5, 5.41) is 28.2. The molecule has 22 heavy (non-hydrogen) atoms. The average molecular weight is 329 g/mol. The highest BCUT2D eigenvalue weighted by molar-refractivity contribution is 5.26. The summed E-state index contributed by atoms with van der Waals surface area (Å²) in [6.07, 6.45) is -11.9. The Balaban J connectivity index is 2.52. The number of nitrogens with two attached hydrogens (primary N) is 1. The zero-order valence-electron chi connectivity index (χ0n) is 10.7. The maximum absolute atomic E-state index is 13.3. The van der Waals surface area contributed by atoms with Gasteiger partial charge in [-0.1, -0.05) is 0 Å². The molecule has 0 spiro atoms. The van der Waals surface area contributed by atoms with Crippen molar-refractivity contribution in [1.29, 1.82) is 0 Å². The van der Waals surface area contributed by atoms with Crippen molar-refractivity contribution in [2.45, 2.75) is 30.2 Å². The monoisotopic (exact) mass is 329 g/mol. The lowest BCUT2D eigenvalue weighted by atomic mass is 9.95. The summed E-state index contributed by atoms with van der Waals surface area (Å²) < 4.78 is 57.1. The standard InChI is InChI=1S/C10H11F4N3O5/c11-3-1-17(8(21)16-6(3)15)7-4(19)5(20)9(2-18,22-7)10(12,13)14/h1,4-5,7,18-20H,2H2,(H2,15,16,21)/t4-,5-,7+,9+/m0/s1. The topological polar surface area (TPSA) is 131 Å². The molecule has 0 amide bonds. The Bertz CT molecular complexity index is 636. The molecule has 0 aliphatic carbocycles. The number of rotatable bonds is 2. The van der Waals surface area contributed by atoms with Crippen LogP contribution in [0.2, 0.25) is 0 Å². The van der Waals surface area contributed by atoms with Crippen molar-refractivity contribution in [1.82, 2.24) is 9.55 Å². The molecule has 4 atom stereocenters. The number of hydrogen-bond acceptors (Lipinski definition) is 7. The predicted octanol–water partition coefficient (Wildman–Crippen LogP) is -1.49. The first kappa shape index (κ1) is 16.6. The third-order valence-corrected chi connectivity index (χ3v) is 3.35. The molecule has 12 heteroatoms. The molecule has 0 bridgehead atoms. The van der Waals surface area contributed by atoms with Gasteiger partial charge in [-0.2, -0.15) is 18.2 Å². The van der Waals surface area contributed by atoms with E-state index in [4.69, 9.17) is 10.8 Å². The minimum atomic E-state index is -5.26. The third kappa shape index (κ3) is 2.24. The molecule has 8 nitrogen and oxygen atoms in total. The van der Waals surface area contributed by atoms with E-state index >= 15 is 0 Å². The first-order valence-electron chi connectivity index (χ1n) is 5.81. The Kier molecular flexibility index (Phi) is 3.89. The van der Waals surface area contributed by atoms with Gasteiger partial charge in [0.1, 0.15) is 12.2 Å². The zero-order chi connectivity index (χ0) is 16.9. The van der Waals surface area contributed by atoms with E-state index in [2.05, 4.69) is 9.72 Å². The molecule has 0 unspecified atom stereocenters. The molecule has 0 saturated carbocycles. The second kappa shape index (κ2) is 5.15. The molecule has 1 fully saturated rings. The fourth-order valence-corrected chi connectivity index (χ4v) is 2.10. The van der Waals surface area contributed by atoms with E-state index in [0.717, 1.165) is 0 Å². The number of ether oxygens (including phenoxy) is 1. The molecule has 2 heterocycles. The van der Waals surface area contributed by atoms with Gasteiger partial charge in [0.05, 0.1) is 12.8 Å². The molecule has 1 aliphatic rings. The van der Waals surface area contributed by atoms with E-state index < -0.39 is 54.1 Å². The SMILES string of the molecule is Nc1nc(=O)n([C@@H]2O[C@@](CO)(C(F)(F)F)[C@@H](O)[C@@H]2O)cc1F. The lowest BCUT2D eigenvalue weighted by Crippen LogP contribution is -2.57. The number of nitrogen functional groups attached to an aromatic ring is 1. The van der Waals surface area contributed by atoms with Gasteiger partial charge in [0.2, 0.25) is 5.60 Å². The van der Waals surface area contributed by atoms with Gasteiger partial charge in [0.15, 0.2) is 17.9 Å². The smallest absolute Gasteiger partial charge is 0.393 e. The van der Waals surface area contributed by atoms with Crippen molar-refractivity contribution >= 4 is 5.82 Å². The van der Waals surface area contributed by atoms with E-state index in [1.165, 1.54) is 0 Å². The number of anilines is 1. The molecule has 1 aromatic heterocycles. The van der Waals surface area contributed by atoms with Gasteiger partial charge in [0.25, 0.3) is 0 Å². The Hall–Kier alpha value is -1.76. The number of halogens is 4. The van der Waals surface area contributed by atoms with E-state index in [9.17, 15) is 32.6 Å². The van der Waals surface area contributed by atoms with Crippen LogP contribution in [0.25, 0.3) is 0 Å². The number of aliphatic hydroxyl groups excluding tert-OH is 3. The number of alkyl halides is 3. The van der Waals surface area contributed by atoms with Gasteiger partial charge in [-0.25, -0.2) is 9.18 Å². The fraction of sp³-hybridized carbons (Fsp3) is 0.600. The summed E-state index contributed by atoms with van der Waals surface area (Å²) in [5.41, 5.74) is 0.207. The molecular weight excluding hydrogens is 318 g/mol. The summed E-state index contributed by atoms with van der Waals surface area (Å²) in [4.78, 5) is 14.6. The number of aromatic nitrogens is 2. The van der Waals surface area contributed by atoms with Crippen LogP contribution >= 0.6 is 0 Å². The molecule has 0 aromatic carbocycles. The zero-order valence-corrected chi connectivity index (χ0v) is 10.7. The molecule has 124 valence electrons. The summed E-state index contributed by atoms with van der Waals surface area (Å²) >= 11 is 0.